The first-order valence-electron chi connectivity index (χ1n) is 4.67. The number of likely N-dealkylation sites (N-methyl/N-ethyl adjacent to an activating group) is 1. The normalized spacial score (nSPS) is 24.1. The van der Waals surface area contributed by atoms with Crippen LogP contribution < -0.4 is 4.90 Å². The molecule has 1 atom stereocenters. The number of rotatable bonds is 1. The van der Waals surface area contributed by atoms with Gasteiger partial charge in [-0.2, -0.15) is 0 Å². The van der Waals surface area contributed by atoms with Crippen molar-refractivity contribution in [1.82, 2.24) is 15.1 Å². The molecule has 1 aromatic rings. The molecule has 2 heterocycles. The molecule has 0 saturated carbocycles. The van der Waals surface area contributed by atoms with Gasteiger partial charge in [-0.1, -0.05) is 11.3 Å². The third-order valence-corrected chi connectivity index (χ3v) is 3.81. The molecular formula is C8H14N4S2. The van der Waals surface area contributed by atoms with E-state index in [0.29, 0.717) is 6.04 Å². The number of aromatic nitrogens is 2. The average molecular weight is 230 g/mol. The van der Waals surface area contributed by atoms with Gasteiger partial charge < -0.3 is 9.80 Å². The summed E-state index contributed by atoms with van der Waals surface area (Å²) in [6, 6.07) is 0.584. The Hall–Kier alpha value is -0.460. The first-order chi connectivity index (χ1) is 6.66. The molecule has 4 nitrogen and oxygen atoms in total. The lowest BCUT2D eigenvalue weighted by Gasteiger charge is -2.37. The Morgan fingerprint density at radius 2 is 2.36 bits per heavy atom. The van der Waals surface area contributed by atoms with E-state index in [-0.39, 0.29) is 0 Å². The zero-order valence-electron chi connectivity index (χ0n) is 8.36. The lowest BCUT2D eigenvalue weighted by Crippen LogP contribution is -2.50. The number of hydrogen-bond acceptors (Lipinski definition) is 5. The number of hydrogen-bond donors (Lipinski definition) is 1. The van der Waals surface area contributed by atoms with Crippen molar-refractivity contribution in [2.75, 3.05) is 31.6 Å². The molecule has 0 radical (unpaired) electrons. The van der Waals surface area contributed by atoms with E-state index in [4.69, 9.17) is 12.2 Å². The molecule has 0 aliphatic carbocycles. The smallest absolute Gasteiger partial charge is 0.207 e. The molecule has 1 aromatic heterocycles. The maximum Gasteiger partial charge on any atom is 0.207 e. The van der Waals surface area contributed by atoms with Crippen LogP contribution >= 0.6 is 23.6 Å². The zero-order chi connectivity index (χ0) is 10.1. The molecule has 1 fully saturated rings. The highest BCUT2D eigenvalue weighted by Crippen LogP contribution is 2.20. The Morgan fingerprint density at radius 3 is 2.93 bits per heavy atom. The molecule has 1 aliphatic rings. The standard InChI is InChI=1S/C8H14N4S2/c1-6-5-12(4-3-11(6)2)7-9-10-8(13)14-7/h6H,3-5H2,1-2H3,(H,10,13). The highest BCUT2D eigenvalue weighted by molar-refractivity contribution is 7.73. The fourth-order valence-electron chi connectivity index (χ4n) is 1.58. The second-order valence-corrected chi connectivity index (χ2v) is 5.32. The molecule has 0 bridgehead atoms. The zero-order valence-corrected chi connectivity index (χ0v) is 9.99. The molecule has 0 amide bonds. The molecule has 1 aliphatic heterocycles. The lowest BCUT2D eigenvalue weighted by molar-refractivity contribution is 0.234. The van der Waals surface area contributed by atoms with Crippen molar-refractivity contribution in [1.29, 1.82) is 0 Å². The highest BCUT2D eigenvalue weighted by atomic mass is 32.1. The third kappa shape index (κ3) is 1.97. The quantitative estimate of drug-likeness (QED) is 0.739. The Balaban J connectivity index is 2.10. The van der Waals surface area contributed by atoms with Gasteiger partial charge in [0.2, 0.25) is 5.13 Å². The molecule has 0 spiro atoms. The summed E-state index contributed by atoms with van der Waals surface area (Å²) in [6.45, 7) is 5.40. The average Bonchev–Trinajstić information content (AvgIpc) is 2.57. The van der Waals surface area contributed by atoms with E-state index in [1.54, 1.807) is 11.3 Å². The lowest BCUT2D eigenvalue weighted by atomic mass is 10.2. The second-order valence-electron chi connectivity index (χ2n) is 3.67. The van der Waals surface area contributed by atoms with Crippen LogP contribution in [-0.2, 0) is 0 Å². The summed E-state index contributed by atoms with van der Waals surface area (Å²) < 4.78 is 0.756. The number of H-pyrrole nitrogens is 1. The maximum absolute atomic E-state index is 5.02. The van der Waals surface area contributed by atoms with E-state index < -0.39 is 0 Å². The Kier molecular flexibility index (Phi) is 2.85. The predicted molar refractivity (Wildman–Crippen MR) is 61.6 cm³/mol. The van der Waals surface area contributed by atoms with Crippen molar-refractivity contribution in [3.05, 3.63) is 3.95 Å². The highest BCUT2D eigenvalue weighted by Gasteiger charge is 2.22. The summed E-state index contributed by atoms with van der Waals surface area (Å²) in [6.07, 6.45) is 0. The molecule has 1 saturated heterocycles. The minimum Gasteiger partial charge on any atom is -0.344 e. The Morgan fingerprint density at radius 1 is 1.57 bits per heavy atom. The van der Waals surface area contributed by atoms with Crippen LogP contribution in [0, 0.1) is 3.95 Å². The second kappa shape index (κ2) is 3.96. The minimum absolute atomic E-state index is 0.584. The van der Waals surface area contributed by atoms with Crippen LogP contribution in [0.1, 0.15) is 6.92 Å². The van der Waals surface area contributed by atoms with E-state index in [0.717, 1.165) is 28.7 Å². The van der Waals surface area contributed by atoms with E-state index >= 15 is 0 Å². The third-order valence-electron chi connectivity index (χ3n) is 2.66. The summed E-state index contributed by atoms with van der Waals surface area (Å²) in [5.74, 6) is 0. The number of piperazine rings is 1. The monoisotopic (exact) mass is 230 g/mol. The van der Waals surface area contributed by atoms with Crippen molar-refractivity contribution in [3.63, 3.8) is 0 Å². The van der Waals surface area contributed by atoms with Crippen LogP contribution in [0.5, 0.6) is 0 Å². The largest absolute Gasteiger partial charge is 0.344 e. The molecule has 2 rings (SSSR count). The Labute approximate surface area is 92.5 Å². The van der Waals surface area contributed by atoms with Crippen LogP contribution in [0.15, 0.2) is 0 Å². The predicted octanol–water partition coefficient (Wildman–Crippen LogP) is 1.34. The van der Waals surface area contributed by atoms with Gasteiger partial charge in [-0.15, -0.1) is 5.10 Å². The van der Waals surface area contributed by atoms with Gasteiger partial charge in [0.1, 0.15) is 0 Å². The fourth-order valence-corrected chi connectivity index (χ4v) is 2.49. The summed E-state index contributed by atoms with van der Waals surface area (Å²) in [5.41, 5.74) is 0. The van der Waals surface area contributed by atoms with Gasteiger partial charge in [-0.05, 0) is 26.2 Å². The fraction of sp³-hybridized carbons (Fsp3) is 0.750. The van der Waals surface area contributed by atoms with Crippen molar-refractivity contribution in [2.24, 2.45) is 0 Å². The molecule has 0 aromatic carbocycles. The number of nitrogens with zero attached hydrogens (tertiary/aromatic N) is 3. The van der Waals surface area contributed by atoms with Crippen molar-refractivity contribution in [2.45, 2.75) is 13.0 Å². The van der Waals surface area contributed by atoms with Gasteiger partial charge in [0, 0.05) is 25.7 Å². The van der Waals surface area contributed by atoms with Gasteiger partial charge in [-0.25, -0.2) is 0 Å². The molecule has 78 valence electrons. The molecule has 1 unspecified atom stereocenters. The first-order valence-corrected chi connectivity index (χ1v) is 5.90. The van der Waals surface area contributed by atoms with Crippen molar-refractivity contribution in [3.8, 4) is 0 Å². The van der Waals surface area contributed by atoms with Gasteiger partial charge in [-0.3, -0.25) is 5.10 Å². The number of anilines is 1. The van der Waals surface area contributed by atoms with Crippen LogP contribution in [0.2, 0.25) is 0 Å². The van der Waals surface area contributed by atoms with E-state index in [1.165, 1.54) is 0 Å². The summed E-state index contributed by atoms with van der Waals surface area (Å²) in [5, 5.41) is 8.04. The molecular weight excluding hydrogens is 216 g/mol. The van der Waals surface area contributed by atoms with Crippen LogP contribution in [0.25, 0.3) is 0 Å². The summed E-state index contributed by atoms with van der Waals surface area (Å²) in [4.78, 5) is 4.66. The van der Waals surface area contributed by atoms with Gasteiger partial charge >= 0.3 is 0 Å². The number of nitrogens with one attached hydrogen (secondary N) is 1. The SMILES string of the molecule is CC1CN(c2n[nH]c(=S)s2)CCN1C. The topological polar surface area (TPSA) is 35.2 Å². The van der Waals surface area contributed by atoms with Gasteiger partial charge in [0.25, 0.3) is 0 Å². The van der Waals surface area contributed by atoms with E-state index in [1.807, 2.05) is 0 Å². The van der Waals surface area contributed by atoms with E-state index in [2.05, 4.69) is 34.0 Å². The summed E-state index contributed by atoms with van der Waals surface area (Å²) >= 11 is 6.57. The van der Waals surface area contributed by atoms with Crippen LogP contribution in [0.3, 0.4) is 0 Å². The minimum atomic E-state index is 0.584. The molecule has 14 heavy (non-hydrogen) atoms. The van der Waals surface area contributed by atoms with E-state index in [9.17, 15) is 0 Å². The maximum atomic E-state index is 5.02. The van der Waals surface area contributed by atoms with Crippen LogP contribution in [-0.4, -0.2) is 47.8 Å². The van der Waals surface area contributed by atoms with Gasteiger partial charge in [0.15, 0.2) is 3.95 Å². The number of aromatic amines is 1. The Bertz CT molecular complexity index is 358. The van der Waals surface area contributed by atoms with Crippen molar-refractivity contribution < 1.29 is 0 Å². The van der Waals surface area contributed by atoms with Gasteiger partial charge in [0.05, 0.1) is 0 Å². The first kappa shape index (κ1) is 10.1. The van der Waals surface area contributed by atoms with Crippen LogP contribution in [0.4, 0.5) is 5.13 Å². The molecule has 1 N–H and O–H groups in total. The molecule has 6 heteroatoms. The van der Waals surface area contributed by atoms with Crippen molar-refractivity contribution >= 4 is 28.7 Å². The summed E-state index contributed by atoms with van der Waals surface area (Å²) in [7, 11) is 2.16.